The number of β-amino-alcohol motifs (C(OH)–C–C–N with tert-alkyl or cyclic N) is 1. The van der Waals surface area contributed by atoms with E-state index in [4.69, 9.17) is 0 Å². The predicted molar refractivity (Wildman–Crippen MR) is 67.6 cm³/mol. The summed E-state index contributed by atoms with van der Waals surface area (Å²) in [6.07, 6.45) is 5.33. The van der Waals surface area contributed by atoms with Gasteiger partial charge < -0.3 is 10.0 Å². The minimum absolute atomic E-state index is 0.134. The Kier molecular flexibility index (Phi) is 3.23. The fraction of sp³-hybridized carbons (Fsp3) is 0.929. The first kappa shape index (κ1) is 12.9. The summed E-state index contributed by atoms with van der Waals surface area (Å²) in [6.45, 7) is 7.47. The zero-order valence-corrected chi connectivity index (χ0v) is 11.3. The van der Waals surface area contributed by atoms with Crippen LogP contribution in [-0.2, 0) is 4.79 Å². The Hall–Kier alpha value is -0.570. The summed E-state index contributed by atoms with van der Waals surface area (Å²) in [5.74, 6) is 0.436. The molecule has 0 aromatic carbocycles. The molecule has 1 aliphatic carbocycles. The third-order valence-corrected chi connectivity index (χ3v) is 4.75. The zero-order valence-electron chi connectivity index (χ0n) is 11.3. The lowest BCUT2D eigenvalue weighted by atomic mass is 9.68. The average Bonchev–Trinajstić information content (AvgIpc) is 2.23. The molecule has 0 aromatic heterocycles. The molecule has 2 fully saturated rings. The zero-order chi connectivity index (χ0) is 12.7. The summed E-state index contributed by atoms with van der Waals surface area (Å²) in [4.78, 5) is 14.3. The van der Waals surface area contributed by atoms with E-state index in [1.165, 1.54) is 12.8 Å². The second kappa shape index (κ2) is 4.27. The highest BCUT2D eigenvalue weighted by atomic mass is 16.3. The number of nitrogens with zero attached hydrogens (tertiary/aromatic N) is 1. The number of aliphatic hydroxyl groups is 1. The van der Waals surface area contributed by atoms with Gasteiger partial charge in [-0.3, -0.25) is 4.79 Å². The number of amides is 1. The highest BCUT2D eigenvalue weighted by molar-refractivity contribution is 5.80. The molecular weight excluding hydrogens is 214 g/mol. The van der Waals surface area contributed by atoms with Gasteiger partial charge in [-0.2, -0.15) is 0 Å². The molecule has 1 heterocycles. The quantitative estimate of drug-likeness (QED) is 0.802. The van der Waals surface area contributed by atoms with Gasteiger partial charge >= 0.3 is 0 Å². The van der Waals surface area contributed by atoms with Crippen LogP contribution in [0, 0.1) is 11.3 Å². The number of hydrogen-bond acceptors (Lipinski definition) is 2. The average molecular weight is 239 g/mol. The molecule has 0 bridgehead atoms. The summed E-state index contributed by atoms with van der Waals surface area (Å²) in [6, 6.07) is 0. The van der Waals surface area contributed by atoms with Crippen LogP contribution in [0.1, 0.15) is 52.9 Å². The van der Waals surface area contributed by atoms with Crippen molar-refractivity contribution < 1.29 is 9.90 Å². The molecule has 2 rings (SSSR count). The normalized spacial score (nSPS) is 30.8. The topological polar surface area (TPSA) is 40.5 Å². The third-order valence-electron chi connectivity index (χ3n) is 4.75. The fourth-order valence-corrected chi connectivity index (χ4v) is 3.22. The van der Waals surface area contributed by atoms with E-state index in [1.54, 1.807) is 0 Å². The first-order valence-electron chi connectivity index (χ1n) is 6.89. The maximum Gasteiger partial charge on any atom is 0.226 e. The van der Waals surface area contributed by atoms with E-state index >= 15 is 0 Å². The fourth-order valence-electron chi connectivity index (χ4n) is 3.22. The highest BCUT2D eigenvalue weighted by Gasteiger charge is 2.47. The van der Waals surface area contributed by atoms with Crippen molar-refractivity contribution in [3.05, 3.63) is 0 Å². The number of rotatable bonds is 2. The Balaban J connectivity index is 1.97. The van der Waals surface area contributed by atoms with Gasteiger partial charge in [0.05, 0.1) is 18.7 Å². The summed E-state index contributed by atoms with van der Waals surface area (Å²) in [7, 11) is 0. The van der Waals surface area contributed by atoms with Crippen molar-refractivity contribution in [3.8, 4) is 0 Å². The van der Waals surface area contributed by atoms with Gasteiger partial charge in [0.25, 0.3) is 0 Å². The van der Waals surface area contributed by atoms with Crippen LogP contribution in [-0.4, -0.2) is 34.6 Å². The van der Waals surface area contributed by atoms with Gasteiger partial charge in [-0.15, -0.1) is 0 Å². The Morgan fingerprint density at radius 2 is 2.00 bits per heavy atom. The summed E-state index contributed by atoms with van der Waals surface area (Å²) in [5, 5.41) is 9.97. The van der Waals surface area contributed by atoms with Crippen LogP contribution in [0.3, 0.4) is 0 Å². The molecule has 1 unspecified atom stereocenters. The molecule has 0 spiro atoms. The first-order valence-corrected chi connectivity index (χ1v) is 6.89. The van der Waals surface area contributed by atoms with Crippen LogP contribution in [0.15, 0.2) is 0 Å². The van der Waals surface area contributed by atoms with Crippen molar-refractivity contribution in [2.24, 2.45) is 11.3 Å². The van der Waals surface area contributed by atoms with Crippen LogP contribution >= 0.6 is 0 Å². The van der Waals surface area contributed by atoms with E-state index in [0.717, 1.165) is 19.3 Å². The lowest BCUT2D eigenvalue weighted by molar-refractivity contribution is -0.165. The Morgan fingerprint density at radius 1 is 1.35 bits per heavy atom. The van der Waals surface area contributed by atoms with E-state index in [0.29, 0.717) is 13.1 Å². The van der Waals surface area contributed by atoms with Crippen molar-refractivity contribution in [3.63, 3.8) is 0 Å². The Bertz CT molecular complexity index is 305. The molecular formula is C14H25NO2. The molecule has 98 valence electrons. The van der Waals surface area contributed by atoms with E-state index in [-0.39, 0.29) is 17.2 Å². The Labute approximate surface area is 104 Å². The monoisotopic (exact) mass is 239 g/mol. The molecule has 3 nitrogen and oxygen atoms in total. The molecule has 0 radical (unpaired) electrons. The smallest absolute Gasteiger partial charge is 0.226 e. The summed E-state index contributed by atoms with van der Waals surface area (Å²) >= 11 is 0. The molecule has 1 N–H and O–H groups in total. The van der Waals surface area contributed by atoms with E-state index in [2.05, 4.69) is 13.8 Å². The van der Waals surface area contributed by atoms with Crippen LogP contribution < -0.4 is 0 Å². The predicted octanol–water partition coefficient (Wildman–Crippen LogP) is 2.19. The van der Waals surface area contributed by atoms with Gasteiger partial charge in [0, 0.05) is 5.92 Å². The molecule has 1 aliphatic heterocycles. The molecule has 1 saturated heterocycles. The second-order valence-corrected chi connectivity index (χ2v) is 6.56. The highest BCUT2D eigenvalue weighted by Crippen LogP contribution is 2.42. The van der Waals surface area contributed by atoms with Gasteiger partial charge in [0.15, 0.2) is 0 Å². The van der Waals surface area contributed by atoms with Crippen LogP contribution in [0.4, 0.5) is 0 Å². The third kappa shape index (κ3) is 2.35. The van der Waals surface area contributed by atoms with Crippen molar-refractivity contribution >= 4 is 5.91 Å². The molecule has 1 amide bonds. The number of carbonyl (C=O) groups excluding carboxylic acids is 1. The standard InChI is InChI=1S/C14H25NO2/c1-4-14(17)9-15(10-14)12(16)11-7-5-6-8-13(11,2)3/h11,17H,4-10H2,1-3H3. The first-order chi connectivity index (χ1) is 7.88. The van der Waals surface area contributed by atoms with Crippen molar-refractivity contribution in [2.45, 2.75) is 58.5 Å². The second-order valence-electron chi connectivity index (χ2n) is 6.56. The molecule has 2 aliphatic rings. The van der Waals surface area contributed by atoms with Crippen LogP contribution in [0.2, 0.25) is 0 Å². The molecule has 0 aromatic rings. The van der Waals surface area contributed by atoms with Crippen molar-refractivity contribution in [1.82, 2.24) is 4.90 Å². The van der Waals surface area contributed by atoms with Gasteiger partial charge in [0.2, 0.25) is 5.91 Å². The molecule has 1 saturated carbocycles. The largest absolute Gasteiger partial charge is 0.386 e. The van der Waals surface area contributed by atoms with Crippen molar-refractivity contribution in [1.29, 1.82) is 0 Å². The lowest BCUT2D eigenvalue weighted by Gasteiger charge is -2.49. The maximum absolute atomic E-state index is 12.4. The molecule has 3 heteroatoms. The van der Waals surface area contributed by atoms with E-state index in [9.17, 15) is 9.90 Å². The summed E-state index contributed by atoms with van der Waals surface area (Å²) < 4.78 is 0. The molecule has 17 heavy (non-hydrogen) atoms. The lowest BCUT2D eigenvalue weighted by Crippen LogP contribution is -2.65. The van der Waals surface area contributed by atoms with Crippen molar-refractivity contribution in [2.75, 3.05) is 13.1 Å². The molecule has 1 atom stereocenters. The summed E-state index contributed by atoms with van der Waals surface area (Å²) in [5.41, 5.74) is -0.469. The number of hydrogen-bond donors (Lipinski definition) is 1. The van der Waals surface area contributed by atoms with Gasteiger partial charge in [-0.1, -0.05) is 33.6 Å². The number of carbonyl (C=O) groups is 1. The van der Waals surface area contributed by atoms with E-state index < -0.39 is 5.60 Å². The van der Waals surface area contributed by atoms with E-state index in [1.807, 2.05) is 11.8 Å². The number of likely N-dealkylation sites (tertiary alicyclic amines) is 1. The maximum atomic E-state index is 12.4. The minimum Gasteiger partial charge on any atom is -0.386 e. The van der Waals surface area contributed by atoms with Crippen LogP contribution in [0.25, 0.3) is 0 Å². The minimum atomic E-state index is -0.603. The van der Waals surface area contributed by atoms with Gasteiger partial charge in [-0.25, -0.2) is 0 Å². The van der Waals surface area contributed by atoms with Gasteiger partial charge in [0.1, 0.15) is 0 Å². The Morgan fingerprint density at radius 3 is 2.53 bits per heavy atom. The SMILES string of the molecule is CCC1(O)CN(C(=O)C2CCCCC2(C)C)C1. The van der Waals surface area contributed by atoms with Crippen LogP contribution in [0.5, 0.6) is 0 Å². The van der Waals surface area contributed by atoms with Gasteiger partial charge in [-0.05, 0) is 24.7 Å².